The van der Waals surface area contributed by atoms with E-state index in [0.29, 0.717) is 21.2 Å². The van der Waals surface area contributed by atoms with Crippen LogP contribution in [0.5, 0.6) is 0 Å². The first-order chi connectivity index (χ1) is 13.5. The Morgan fingerprint density at radius 3 is 2.71 bits per heavy atom. The van der Waals surface area contributed by atoms with Crippen LogP contribution in [-0.4, -0.2) is 20.5 Å². The zero-order valence-electron chi connectivity index (χ0n) is 14.8. The second kappa shape index (κ2) is 7.53. The molecule has 2 aromatic heterocycles. The van der Waals surface area contributed by atoms with Crippen molar-refractivity contribution in [2.24, 2.45) is 0 Å². The number of carbonyl (C=O) groups excluding carboxylic acids is 1. The molecule has 0 saturated heterocycles. The lowest BCUT2D eigenvalue weighted by Gasteiger charge is -2.06. The van der Waals surface area contributed by atoms with Gasteiger partial charge in [0.25, 0.3) is 11.5 Å². The molecule has 0 aliphatic heterocycles. The molecule has 0 saturated carbocycles. The van der Waals surface area contributed by atoms with Gasteiger partial charge in [0.2, 0.25) is 4.96 Å². The monoisotopic (exact) mass is 410 g/mol. The lowest BCUT2D eigenvalue weighted by molar-refractivity contribution is 0.0950. The van der Waals surface area contributed by atoms with Gasteiger partial charge in [0, 0.05) is 11.6 Å². The summed E-state index contributed by atoms with van der Waals surface area (Å²) in [6.07, 6.45) is 0. The van der Waals surface area contributed by atoms with E-state index in [4.69, 9.17) is 11.6 Å². The molecule has 6 nitrogen and oxygen atoms in total. The highest BCUT2D eigenvalue weighted by atomic mass is 35.5. The summed E-state index contributed by atoms with van der Waals surface area (Å²) in [4.78, 5) is 29.7. The number of nitrogens with one attached hydrogen (secondary N) is 1. The summed E-state index contributed by atoms with van der Waals surface area (Å²) < 4.78 is 1.28. The Bertz CT molecular complexity index is 1250. The predicted molar refractivity (Wildman–Crippen MR) is 110 cm³/mol. The van der Waals surface area contributed by atoms with Crippen LogP contribution in [0.3, 0.4) is 0 Å². The van der Waals surface area contributed by atoms with Crippen LogP contribution in [0.2, 0.25) is 5.02 Å². The zero-order valence-corrected chi connectivity index (χ0v) is 16.4. The second-order valence-electron chi connectivity index (χ2n) is 6.16. The van der Waals surface area contributed by atoms with E-state index in [9.17, 15) is 9.59 Å². The van der Waals surface area contributed by atoms with Crippen molar-refractivity contribution < 1.29 is 4.79 Å². The molecule has 0 radical (unpaired) electrons. The molecule has 140 valence electrons. The van der Waals surface area contributed by atoms with Gasteiger partial charge in [-0.3, -0.25) is 9.59 Å². The average molecular weight is 411 g/mol. The van der Waals surface area contributed by atoms with Crippen LogP contribution in [0, 0.1) is 6.92 Å². The van der Waals surface area contributed by atoms with E-state index in [1.807, 2.05) is 31.2 Å². The Hall–Kier alpha value is -3.03. The molecule has 0 bridgehead atoms. The van der Waals surface area contributed by atoms with Crippen LogP contribution in [0.25, 0.3) is 15.5 Å². The molecular weight excluding hydrogens is 396 g/mol. The van der Waals surface area contributed by atoms with E-state index in [1.54, 1.807) is 24.3 Å². The van der Waals surface area contributed by atoms with Crippen molar-refractivity contribution in [1.29, 1.82) is 0 Å². The number of nitrogens with zero attached hydrogens (tertiary/aromatic N) is 3. The van der Waals surface area contributed by atoms with Crippen molar-refractivity contribution in [2.45, 2.75) is 13.5 Å². The number of aryl methyl sites for hydroxylation is 1. The van der Waals surface area contributed by atoms with Crippen LogP contribution in [0.15, 0.2) is 59.4 Å². The summed E-state index contributed by atoms with van der Waals surface area (Å²) >= 11 is 7.37. The number of benzene rings is 2. The third-order valence-corrected chi connectivity index (χ3v) is 5.49. The summed E-state index contributed by atoms with van der Waals surface area (Å²) in [7, 11) is 0. The van der Waals surface area contributed by atoms with Crippen LogP contribution < -0.4 is 10.9 Å². The Kier molecular flexibility index (Phi) is 4.93. The number of hydrogen-bond donors (Lipinski definition) is 1. The summed E-state index contributed by atoms with van der Waals surface area (Å²) in [6, 6.07) is 16.0. The fourth-order valence-corrected chi connectivity index (χ4v) is 4.02. The summed E-state index contributed by atoms with van der Waals surface area (Å²) in [5, 5.41) is 8.23. The molecule has 0 unspecified atom stereocenters. The summed E-state index contributed by atoms with van der Waals surface area (Å²) in [6.45, 7) is 2.11. The summed E-state index contributed by atoms with van der Waals surface area (Å²) in [5.74, 6) is -0.322. The molecule has 0 atom stereocenters. The van der Waals surface area contributed by atoms with Gasteiger partial charge in [0.15, 0.2) is 0 Å². The number of amides is 1. The number of rotatable bonds is 4. The van der Waals surface area contributed by atoms with Gasteiger partial charge in [0.1, 0.15) is 5.01 Å². The van der Waals surface area contributed by atoms with Gasteiger partial charge in [0.05, 0.1) is 22.8 Å². The molecule has 1 amide bonds. The van der Waals surface area contributed by atoms with Gasteiger partial charge >= 0.3 is 0 Å². The molecule has 4 aromatic rings. The molecule has 28 heavy (non-hydrogen) atoms. The maximum absolute atomic E-state index is 12.4. The normalized spacial score (nSPS) is 10.9. The van der Waals surface area contributed by atoms with E-state index in [2.05, 4.69) is 15.4 Å². The molecule has 8 heteroatoms. The minimum atomic E-state index is -0.322. The molecule has 0 aliphatic carbocycles. The molecule has 2 aromatic carbocycles. The van der Waals surface area contributed by atoms with Crippen molar-refractivity contribution in [3.05, 3.63) is 86.8 Å². The van der Waals surface area contributed by atoms with Gasteiger partial charge in [-0.1, -0.05) is 59.3 Å². The smallest absolute Gasteiger partial charge is 0.275 e. The van der Waals surface area contributed by atoms with Crippen molar-refractivity contribution >= 4 is 33.8 Å². The summed E-state index contributed by atoms with van der Waals surface area (Å²) in [5.41, 5.74) is 2.59. The van der Waals surface area contributed by atoms with Crippen LogP contribution >= 0.6 is 22.9 Å². The maximum Gasteiger partial charge on any atom is 0.275 e. The van der Waals surface area contributed by atoms with Crippen LogP contribution in [0.1, 0.15) is 21.6 Å². The van der Waals surface area contributed by atoms with Gasteiger partial charge in [-0.15, -0.1) is 0 Å². The first-order valence-electron chi connectivity index (χ1n) is 8.51. The topological polar surface area (TPSA) is 76.4 Å². The molecular formula is C20H15ClN4O2S. The molecule has 4 rings (SSSR count). The number of aromatic nitrogens is 3. The fourth-order valence-electron chi connectivity index (χ4n) is 2.78. The maximum atomic E-state index is 12.4. The first kappa shape index (κ1) is 18.3. The average Bonchev–Trinajstić information content (AvgIpc) is 3.11. The highest BCUT2D eigenvalue weighted by Crippen LogP contribution is 2.26. The van der Waals surface area contributed by atoms with E-state index < -0.39 is 0 Å². The quantitative estimate of drug-likeness (QED) is 0.556. The van der Waals surface area contributed by atoms with E-state index in [1.165, 1.54) is 21.9 Å². The highest BCUT2D eigenvalue weighted by molar-refractivity contribution is 7.19. The van der Waals surface area contributed by atoms with Crippen LogP contribution in [-0.2, 0) is 6.54 Å². The standard InChI is InChI=1S/C20H15ClN4O2S/c1-12-6-2-3-7-14(12)19-24-25-17(26)10-13(23-20(25)28-19)11-22-18(27)15-8-4-5-9-16(15)21/h2-10H,11H2,1H3,(H,22,27). The minimum Gasteiger partial charge on any atom is -0.346 e. The number of halogens is 1. The SMILES string of the molecule is Cc1ccccc1-c1nn2c(=O)cc(CNC(=O)c3ccccc3Cl)nc2s1. The minimum absolute atomic E-state index is 0.118. The fraction of sp³-hybridized carbons (Fsp3) is 0.100. The lowest BCUT2D eigenvalue weighted by Crippen LogP contribution is -2.25. The second-order valence-corrected chi connectivity index (χ2v) is 7.53. The number of hydrogen-bond acceptors (Lipinski definition) is 5. The molecule has 0 spiro atoms. The van der Waals surface area contributed by atoms with Crippen molar-refractivity contribution in [2.75, 3.05) is 0 Å². The molecule has 0 aliphatic rings. The Labute approximate surface area is 169 Å². The van der Waals surface area contributed by atoms with E-state index in [-0.39, 0.29) is 18.0 Å². The van der Waals surface area contributed by atoms with Crippen molar-refractivity contribution in [3.63, 3.8) is 0 Å². The van der Waals surface area contributed by atoms with Gasteiger partial charge in [-0.05, 0) is 24.6 Å². The van der Waals surface area contributed by atoms with Gasteiger partial charge < -0.3 is 5.32 Å². The first-order valence-corrected chi connectivity index (χ1v) is 9.71. The third-order valence-electron chi connectivity index (χ3n) is 4.22. The lowest BCUT2D eigenvalue weighted by atomic mass is 10.1. The molecule has 1 N–H and O–H groups in total. The Morgan fingerprint density at radius 2 is 1.93 bits per heavy atom. The zero-order chi connectivity index (χ0) is 19.7. The molecule has 2 heterocycles. The van der Waals surface area contributed by atoms with E-state index in [0.717, 1.165) is 16.1 Å². The van der Waals surface area contributed by atoms with Crippen molar-refractivity contribution in [1.82, 2.24) is 19.9 Å². The van der Waals surface area contributed by atoms with E-state index >= 15 is 0 Å². The largest absolute Gasteiger partial charge is 0.346 e. The molecule has 0 fully saturated rings. The number of fused-ring (bicyclic) bond motifs is 1. The van der Waals surface area contributed by atoms with Crippen LogP contribution in [0.4, 0.5) is 0 Å². The number of carbonyl (C=O) groups is 1. The Morgan fingerprint density at radius 1 is 1.18 bits per heavy atom. The Balaban J connectivity index is 1.61. The van der Waals surface area contributed by atoms with Gasteiger partial charge in [-0.25, -0.2) is 4.98 Å². The predicted octanol–water partition coefficient (Wildman–Crippen LogP) is 3.71. The third kappa shape index (κ3) is 3.54. The highest BCUT2D eigenvalue weighted by Gasteiger charge is 2.13. The van der Waals surface area contributed by atoms with Crippen molar-refractivity contribution in [3.8, 4) is 10.6 Å². The van der Waals surface area contributed by atoms with Gasteiger partial charge in [-0.2, -0.15) is 9.61 Å².